The number of hydrogen-bond acceptors (Lipinski definition) is 7. The summed E-state index contributed by atoms with van der Waals surface area (Å²) in [5.74, 6) is -1.15. The average molecular weight is 469 g/mol. The van der Waals surface area contributed by atoms with Gasteiger partial charge < -0.3 is 14.8 Å². The molecular formula is C24H24N2O6S. The van der Waals surface area contributed by atoms with Gasteiger partial charge >= 0.3 is 5.97 Å². The molecule has 1 saturated heterocycles. The highest BCUT2D eigenvalue weighted by atomic mass is 32.2. The van der Waals surface area contributed by atoms with Crippen molar-refractivity contribution < 1.29 is 28.7 Å². The number of nitrogens with zero attached hydrogens (tertiary/aromatic N) is 1. The number of anilines is 1. The summed E-state index contributed by atoms with van der Waals surface area (Å²) in [6.45, 7) is 1.56. The topological polar surface area (TPSA) is 102 Å². The Bertz CT molecular complexity index is 1050. The van der Waals surface area contributed by atoms with Gasteiger partial charge in [0.1, 0.15) is 12.3 Å². The lowest BCUT2D eigenvalue weighted by Gasteiger charge is -2.12. The zero-order chi connectivity index (χ0) is 23.6. The first-order valence-electron chi connectivity index (χ1n) is 10.5. The number of carbonyl (C=O) groups is 4. The largest absolute Gasteiger partial charge is 0.483 e. The third kappa shape index (κ3) is 6.95. The summed E-state index contributed by atoms with van der Waals surface area (Å²) < 4.78 is 10.7. The fraction of sp³-hybridized carbons (Fsp3) is 0.250. The molecule has 1 aliphatic heterocycles. The molecule has 0 aliphatic carbocycles. The maximum absolute atomic E-state index is 12.7. The van der Waals surface area contributed by atoms with E-state index in [1.165, 1.54) is 6.08 Å². The molecule has 0 radical (unpaired) electrons. The summed E-state index contributed by atoms with van der Waals surface area (Å²) in [7, 11) is 0. The van der Waals surface area contributed by atoms with Crippen LogP contribution in [0.5, 0.6) is 5.75 Å². The van der Waals surface area contributed by atoms with Crippen molar-refractivity contribution in [3.05, 3.63) is 65.1 Å². The van der Waals surface area contributed by atoms with E-state index in [1.807, 2.05) is 25.1 Å². The van der Waals surface area contributed by atoms with Gasteiger partial charge in [-0.1, -0.05) is 49.7 Å². The van der Waals surface area contributed by atoms with E-state index in [9.17, 15) is 19.2 Å². The second-order valence-electron chi connectivity index (χ2n) is 7.08. The molecular weight excluding hydrogens is 444 g/mol. The van der Waals surface area contributed by atoms with E-state index in [0.717, 1.165) is 23.1 Å². The summed E-state index contributed by atoms with van der Waals surface area (Å²) in [5.41, 5.74) is 1.18. The van der Waals surface area contributed by atoms with Crippen LogP contribution >= 0.6 is 11.8 Å². The SMILES string of the molecule is CCCCOC(=O)CN1C(=O)S/C(=C/c2ccccc2OCC(=O)Nc2ccccc2)C1=O. The number of unbranched alkanes of at least 4 members (excludes halogenated alkanes) is 1. The van der Waals surface area contributed by atoms with Gasteiger partial charge in [0.15, 0.2) is 6.61 Å². The van der Waals surface area contributed by atoms with Crippen LogP contribution < -0.4 is 10.1 Å². The molecule has 3 amide bonds. The highest BCUT2D eigenvalue weighted by Gasteiger charge is 2.36. The van der Waals surface area contributed by atoms with E-state index >= 15 is 0 Å². The van der Waals surface area contributed by atoms with Crippen molar-refractivity contribution in [3.8, 4) is 5.75 Å². The zero-order valence-corrected chi connectivity index (χ0v) is 18.9. The number of carbonyl (C=O) groups excluding carboxylic acids is 4. The molecule has 0 unspecified atom stereocenters. The van der Waals surface area contributed by atoms with Crippen LogP contribution in [-0.4, -0.2) is 47.7 Å². The minimum absolute atomic E-state index is 0.158. The Morgan fingerprint density at radius 1 is 1.06 bits per heavy atom. The third-order valence-electron chi connectivity index (χ3n) is 4.54. The minimum atomic E-state index is -0.625. The van der Waals surface area contributed by atoms with Crippen molar-refractivity contribution in [1.82, 2.24) is 4.90 Å². The van der Waals surface area contributed by atoms with Crippen LogP contribution in [0.25, 0.3) is 6.08 Å². The number of rotatable bonds is 10. The molecule has 0 atom stereocenters. The number of ether oxygens (including phenoxy) is 2. The van der Waals surface area contributed by atoms with Gasteiger partial charge in [-0.15, -0.1) is 0 Å². The summed E-state index contributed by atoms with van der Waals surface area (Å²) >= 11 is 0.738. The van der Waals surface area contributed by atoms with Crippen molar-refractivity contribution >= 4 is 46.5 Å². The van der Waals surface area contributed by atoms with Crippen LogP contribution in [-0.2, 0) is 19.1 Å². The molecule has 0 bridgehead atoms. The number of nitrogens with one attached hydrogen (secondary N) is 1. The standard InChI is InChI=1S/C24H24N2O6S/c1-2-3-13-31-22(28)15-26-23(29)20(33-24(26)30)14-17-9-7-8-12-19(17)32-16-21(27)25-18-10-5-4-6-11-18/h4-12,14H,2-3,13,15-16H2,1H3,(H,25,27)/b20-14+. The molecule has 0 spiro atoms. The number of benzene rings is 2. The Balaban J connectivity index is 1.63. The summed E-state index contributed by atoms with van der Waals surface area (Å²) in [5, 5.41) is 2.18. The van der Waals surface area contributed by atoms with Crippen LogP contribution in [0.4, 0.5) is 10.5 Å². The van der Waals surface area contributed by atoms with Gasteiger partial charge in [-0.05, 0) is 42.5 Å². The van der Waals surface area contributed by atoms with Gasteiger partial charge in [0.2, 0.25) is 0 Å². The van der Waals surface area contributed by atoms with Crippen molar-refractivity contribution in [2.24, 2.45) is 0 Å². The summed E-state index contributed by atoms with van der Waals surface area (Å²) in [6.07, 6.45) is 3.10. The van der Waals surface area contributed by atoms with E-state index in [-0.39, 0.29) is 24.0 Å². The lowest BCUT2D eigenvalue weighted by atomic mass is 10.2. The lowest BCUT2D eigenvalue weighted by Crippen LogP contribution is -2.34. The Morgan fingerprint density at radius 3 is 2.55 bits per heavy atom. The number of hydrogen-bond donors (Lipinski definition) is 1. The van der Waals surface area contributed by atoms with E-state index in [4.69, 9.17) is 9.47 Å². The van der Waals surface area contributed by atoms with E-state index in [1.54, 1.807) is 36.4 Å². The van der Waals surface area contributed by atoms with Gasteiger partial charge in [-0.25, -0.2) is 0 Å². The molecule has 3 rings (SSSR count). The molecule has 33 heavy (non-hydrogen) atoms. The van der Waals surface area contributed by atoms with E-state index in [0.29, 0.717) is 23.4 Å². The number of thioether (sulfide) groups is 1. The van der Waals surface area contributed by atoms with Crippen molar-refractivity contribution in [1.29, 1.82) is 0 Å². The van der Waals surface area contributed by atoms with Crippen LogP contribution in [0.15, 0.2) is 59.5 Å². The van der Waals surface area contributed by atoms with Crippen molar-refractivity contribution in [2.45, 2.75) is 19.8 Å². The molecule has 1 aliphatic rings. The van der Waals surface area contributed by atoms with Crippen molar-refractivity contribution in [2.75, 3.05) is 25.1 Å². The maximum atomic E-state index is 12.7. The number of imide groups is 1. The summed E-state index contributed by atoms with van der Waals surface area (Å²) in [6, 6.07) is 15.8. The molecule has 2 aromatic carbocycles. The van der Waals surface area contributed by atoms with Crippen LogP contribution in [0.2, 0.25) is 0 Å². The normalized spacial score (nSPS) is 14.5. The van der Waals surface area contributed by atoms with Crippen molar-refractivity contribution in [3.63, 3.8) is 0 Å². The lowest BCUT2D eigenvalue weighted by molar-refractivity contribution is -0.146. The van der Waals surface area contributed by atoms with Gasteiger partial charge in [-0.2, -0.15) is 0 Å². The first-order chi connectivity index (χ1) is 16.0. The fourth-order valence-corrected chi connectivity index (χ4v) is 3.70. The zero-order valence-electron chi connectivity index (χ0n) is 18.1. The first-order valence-corrected chi connectivity index (χ1v) is 11.3. The minimum Gasteiger partial charge on any atom is -0.483 e. The molecule has 1 N–H and O–H groups in total. The second kappa shape index (κ2) is 11.9. The van der Waals surface area contributed by atoms with Gasteiger partial charge in [-0.3, -0.25) is 24.1 Å². The smallest absolute Gasteiger partial charge is 0.326 e. The molecule has 2 aromatic rings. The van der Waals surface area contributed by atoms with Crippen LogP contribution in [0, 0.1) is 0 Å². The number of para-hydroxylation sites is 2. The Labute approximate surface area is 195 Å². The third-order valence-corrected chi connectivity index (χ3v) is 5.45. The quantitative estimate of drug-likeness (QED) is 0.318. The average Bonchev–Trinajstić information content (AvgIpc) is 3.06. The first kappa shape index (κ1) is 24.1. The van der Waals surface area contributed by atoms with E-state index in [2.05, 4.69) is 5.32 Å². The monoisotopic (exact) mass is 468 g/mol. The summed E-state index contributed by atoms with van der Waals surface area (Å²) in [4.78, 5) is 50.0. The maximum Gasteiger partial charge on any atom is 0.326 e. The predicted octanol–water partition coefficient (Wildman–Crippen LogP) is 4.08. The Kier molecular flexibility index (Phi) is 8.65. The molecule has 0 aromatic heterocycles. The van der Waals surface area contributed by atoms with E-state index < -0.39 is 23.7 Å². The van der Waals surface area contributed by atoms with Gasteiger partial charge in [0, 0.05) is 11.3 Å². The molecule has 1 fully saturated rings. The molecule has 0 saturated carbocycles. The number of esters is 1. The molecule has 8 nitrogen and oxygen atoms in total. The molecule has 1 heterocycles. The number of amides is 3. The van der Waals surface area contributed by atoms with Gasteiger partial charge in [0.05, 0.1) is 11.5 Å². The predicted molar refractivity (Wildman–Crippen MR) is 126 cm³/mol. The Hall–Kier alpha value is -3.59. The van der Waals surface area contributed by atoms with Crippen LogP contribution in [0.3, 0.4) is 0 Å². The van der Waals surface area contributed by atoms with Crippen LogP contribution in [0.1, 0.15) is 25.3 Å². The highest BCUT2D eigenvalue weighted by Crippen LogP contribution is 2.33. The second-order valence-corrected chi connectivity index (χ2v) is 8.08. The fourth-order valence-electron chi connectivity index (χ4n) is 2.88. The highest BCUT2D eigenvalue weighted by molar-refractivity contribution is 8.18. The molecule has 9 heteroatoms. The van der Waals surface area contributed by atoms with Gasteiger partial charge in [0.25, 0.3) is 17.1 Å². The molecule has 172 valence electrons. The Morgan fingerprint density at radius 2 is 1.79 bits per heavy atom.